The highest BCUT2D eigenvalue weighted by molar-refractivity contribution is 6.00. The van der Waals surface area contributed by atoms with E-state index >= 15 is 0 Å². The monoisotopic (exact) mass is 570 g/mol. The number of hydrogen-bond donors (Lipinski definition) is 2. The van der Waals surface area contributed by atoms with Crippen molar-refractivity contribution < 1.29 is 19.1 Å². The highest BCUT2D eigenvalue weighted by atomic mass is 16.3. The number of likely N-dealkylation sites (N-methyl/N-ethyl adjacent to an activating group) is 1. The Morgan fingerprint density at radius 1 is 1.17 bits per heavy atom. The Balaban J connectivity index is 1.31. The van der Waals surface area contributed by atoms with E-state index in [0.29, 0.717) is 36.5 Å². The van der Waals surface area contributed by atoms with Gasteiger partial charge < -0.3 is 24.6 Å². The van der Waals surface area contributed by atoms with Crippen molar-refractivity contribution in [2.45, 2.75) is 57.8 Å². The summed E-state index contributed by atoms with van der Waals surface area (Å²) in [5.41, 5.74) is 3.43. The van der Waals surface area contributed by atoms with Crippen LogP contribution in [0.15, 0.2) is 77.7 Å². The Morgan fingerprint density at radius 3 is 2.67 bits per heavy atom. The van der Waals surface area contributed by atoms with Gasteiger partial charge in [-0.15, -0.1) is 0 Å². The Bertz CT molecular complexity index is 1500. The molecule has 4 aromatic rings. The van der Waals surface area contributed by atoms with Crippen LogP contribution in [-0.2, 0) is 13.0 Å². The molecule has 3 heterocycles. The van der Waals surface area contributed by atoms with E-state index in [4.69, 9.17) is 4.42 Å². The maximum Gasteiger partial charge on any atom is 0.254 e. The molecule has 5 rings (SSSR count). The summed E-state index contributed by atoms with van der Waals surface area (Å²) in [4.78, 5) is 35.2. The Morgan fingerprint density at radius 2 is 1.95 bits per heavy atom. The summed E-state index contributed by atoms with van der Waals surface area (Å²) in [6, 6.07) is 15.7. The summed E-state index contributed by atoms with van der Waals surface area (Å²) in [5, 5.41) is 18.7. The lowest BCUT2D eigenvalue weighted by Crippen LogP contribution is -2.49. The van der Waals surface area contributed by atoms with Crippen molar-refractivity contribution >= 4 is 17.5 Å². The van der Waals surface area contributed by atoms with Gasteiger partial charge in [0, 0.05) is 44.0 Å². The van der Waals surface area contributed by atoms with Gasteiger partial charge in [0.05, 0.1) is 29.7 Å². The van der Waals surface area contributed by atoms with E-state index in [1.807, 2.05) is 67.0 Å². The van der Waals surface area contributed by atoms with Gasteiger partial charge in [0.25, 0.3) is 11.8 Å². The first-order valence-corrected chi connectivity index (χ1v) is 14.4. The van der Waals surface area contributed by atoms with Gasteiger partial charge in [-0.3, -0.25) is 14.3 Å². The zero-order chi connectivity index (χ0) is 29.6. The second-order valence-corrected chi connectivity index (χ2v) is 10.8. The van der Waals surface area contributed by atoms with Crippen LogP contribution in [0.25, 0.3) is 0 Å². The summed E-state index contributed by atoms with van der Waals surface area (Å²) in [7, 11) is 1.89. The number of carbonyl (C=O) groups is 2. The Hall–Kier alpha value is -4.44. The first-order chi connectivity index (χ1) is 20.3. The standard InChI is InChI=1S/C32H38N6O4/c1-4-37-19-26(18-33-37)36(3)20-29(39)27(16-23-10-6-5-7-11-23)35-30(40)24-12-8-13-25(17-24)32(41)38-15-9-14-28(38)31-34-22(2)21-42-31/h5-8,10-13,17-19,21,27-29,39H,4,9,14-16,20H2,1-3H3,(H,35,40)/t27-,28+,29+/m0/s1. The fraction of sp³-hybridized carbons (Fsp3) is 0.375. The first kappa shape index (κ1) is 29.1. The van der Waals surface area contributed by atoms with Crippen molar-refractivity contribution in [3.63, 3.8) is 0 Å². The number of aryl methyl sites for hydroxylation is 2. The molecule has 2 aromatic heterocycles. The van der Waals surface area contributed by atoms with Crippen LogP contribution < -0.4 is 10.2 Å². The predicted molar refractivity (Wildman–Crippen MR) is 159 cm³/mol. The lowest BCUT2D eigenvalue weighted by Gasteiger charge is -2.28. The van der Waals surface area contributed by atoms with Crippen LogP contribution >= 0.6 is 0 Å². The summed E-state index contributed by atoms with van der Waals surface area (Å²) < 4.78 is 7.43. The molecular formula is C32H38N6O4. The molecule has 0 aliphatic carbocycles. The Kier molecular flexibility index (Phi) is 9.02. The van der Waals surface area contributed by atoms with Crippen molar-refractivity contribution in [1.29, 1.82) is 0 Å². The number of aromatic nitrogens is 3. The number of aliphatic hydroxyl groups excluding tert-OH is 1. The van der Waals surface area contributed by atoms with Gasteiger partial charge in [-0.2, -0.15) is 5.10 Å². The molecule has 0 saturated carbocycles. The fourth-order valence-corrected chi connectivity index (χ4v) is 5.39. The van der Waals surface area contributed by atoms with Crippen molar-refractivity contribution in [2.24, 2.45) is 0 Å². The number of anilines is 1. The third-order valence-electron chi connectivity index (χ3n) is 7.73. The predicted octanol–water partition coefficient (Wildman–Crippen LogP) is 4.02. The molecule has 0 radical (unpaired) electrons. The van der Waals surface area contributed by atoms with Crippen LogP contribution in [0.5, 0.6) is 0 Å². The molecule has 0 bridgehead atoms. The van der Waals surface area contributed by atoms with Crippen LogP contribution in [-0.4, -0.2) is 68.9 Å². The molecule has 1 saturated heterocycles. The van der Waals surface area contributed by atoms with Crippen LogP contribution in [0.1, 0.15) is 63.7 Å². The fourth-order valence-electron chi connectivity index (χ4n) is 5.39. The molecule has 1 fully saturated rings. The summed E-state index contributed by atoms with van der Waals surface area (Å²) >= 11 is 0. The van der Waals surface area contributed by atoms with E-state index in [9.17, 15) is 14.7 Å². The lowest BCUT2D eigenvalue weighted by atomic mass is 9.99. The molecule has 1 aliphatic heterocycles. The minimum Gasteiger partial charge on any atom is -0.446 e. The Labute approximate surface area is 246 Å². The molecule has 220 valence electrons. The minimum absolute atomic E-state index is 0.168. The maximum atomic E-state index is 13.5. The number of hydrogen-bond acceptors (Lipinski definition) is 7. The third-order valence-corrected chi connectivity index (χ3v) is 7.73. The van der Waals surface area contributed by atoms with Gasteiger partial charge >= 0.3 is 0 Å². The number of oxazole rings is 1. The second-order valence-electron chi connectivity index (χ2n) is 10.8. The number of carbonyl (C=O) groups excluding carboxylic acids is 2. The zero-order valence-corrected chi connectivity index (χ0v) is 24.3. The van der Waals surface area contributed by atoms with Crippen molar-refractivity contribution in [2.75, 3.05) is 25.0 Å². The zero-order valence-electron chi connectivity index (χ0n) is 24.3. The van der Waals surface area contributed by atoms with Crippen molar-refractivity contribution in [1.82, 2.24) is 25.0 Å². The van der Waals surface area contributed by atoms with Gasteiger partial charge in [0.15, 0.2) is 0 Å². The third kappa shape index (κ3) is 6.71. The van der Waals surface area contributed by atoms with Gasteiger partial charge in [-0.1, -0.05) is 36.4 Å². The lowest BCUT2D eigenvalue weighted by molar-refractivity contribution is 0.0715. The van der Waals surface area contributed by atoms with Crippen LogP contribution in [0.4, 0.5) is 5.69 Å². The highest BCUT2D eigenvalue weighted by Gasteiger charge is 2.34. The van der Waals surface area contributed by atoms with Crippen LogP contribution in [0.2, 0.25) is 0 Å². The second kappa shape index (κ2) is 13.0. The average molecular weight is 571 g/mol. The molecule has 0 spiro atoms. The molecule has 2 N–H and O–H groups in total. The summed E-state index contributed by atoms with van der Waals surface area (Å²) in [6.07, 6.45) is 6.48. The van der Waals surface area contributed by atoms with E-state index in [-0.39, 0.29) is 17.9 Å². The molecule has 2 aromatic carbocycles. The van der Waals surface area contributed by atoms with Crippen molar-refractivity contribution in [3.05, 3.63) is 102 Å². The van der Waals surface area contributed by atoms with E-state index < -0.39 is 12.1 Å². The summed E-state index contributed by atoms with van der Waals surface area (Å²) in [6.45, 7) is 5.51. The van der Waals surface area contributed by atoms with Gasteiger partial charge in [-0.25, -0.2) is 4.98 Å². The average Bonchev–Trinajstić information content (AvgIpc) is 3.78. The highest BCUT2D eigenvalue weighted by Crippen LogP contribution is 2.32. The van der Waals surface area contributed by atoms with E-state index in [1.54, 1.807) is 41.6 Å². The largest absolute Gasteiger partial charge is 0.446 e. The van der Waals surface area contributed by atoms with E-state index in [0.717, 1.165) is 36.3 Å². The van der Waals surface area contributed by atoms with E-state index in [2.05, 4.69) is 15.4 Å². The number of likely N-dealkylation sites (tertiary alicyclic amines) is 1. The normalized spacial score (nSPS) is 16.3. The molecule has 42 heavy (non-hydrogen) atoms. The number of benzene rings is 2. The molecule has 10 heteroatoms. The number of aliphatic hydroxyl groups is 1. The molecule has 2 amide bonds. The van der Waals surface area contributed by atoms with Crippen molar-refractivity contribution in [3.8, 4) is 0 Å². The molecular weight excluding hydrogens is 532 g/mol. The molecule has 1 aliphatic rings. The van der Waals surface area contributed by atoms with Gasteiger partial charge in [-0.05, 0) is 56.9 Å². The smallest absolute Gasteiger partial charge is 0.254 e. The SMILES string of the molecule is CCn1cc(N(C)C[C@@H](O)[C@H](Cc2ccccc2)NC(=O)c2cccc(C(=O)N3CCC[C@@H]3c3nc(C)co3)c2)cn1. The van der Waals surface area contributed by atoms with Crippen LogP contribution in [0.3, 0.4) is 0 Å². The van der Waals surface area contributed by atoms with Gasteiger partial charge in [0.2, 0.25) is 5.89 Å². The van der Waals surface area contributed by atoms with E-state index in [1.165, 1.54) is 0 Å². The molecule has 3 atom stereocenters. The quantitative estimate of drug-likeness (QED) is 0.280. The minimum atomic E-state index is -0.872. The topological polar surface area (TPSA) is 117 Å². The molecule has 10 nitrogen and oxygen atoms in total. The number of amides is 2. The maximum absolute atomic E-state index is 13.5. The molecule has 0 unspecified atom stereocenters. The van der Waals surface area contributed by atoms with Crippen LogP contribution in [0, 0.1) is 6.92 Å². The number of rotatable bonds is 11. The summed E-state index contributed by atoms with van der Waals surface area (Å²) in [5.74, 6) is 0.0162. The number of nitrogens with one attached hydrogen (secondary N) is 1. The number of nitrogens with zero attached hydrogens (tertiary/aromatic N) is 5. The van der Waals surface area contributed by atoms with Gasteiger partial charge in [0.1, 0.15) is 12.3 Å². The first-order valence-electron chi connectivity index (χ1n) is 14.4.